The molecule has 0 fully saturated rings. The average molecular weight is 556 g/mol. The van der Waals surface area contributed by atoms with Gasteiger partial charge in [0.15, 0.2) is 0 Å². The lowest BCUT2D eigenvalue weighted by molar-refractivity contribution is -0.137. The minimum atomic E-state index is -1.16. The largest absolute Gasteiger partial charge is 0.461 e. The molecule has 0 spiro atoms. The number of fused-ring (bicyclic) bond motifs is 2. The Morgan fingerprint density at radius 2 is 1.66 bits per heavy atom. The molecule has 0 aliphatic carbocycles. The van der Waals surface area contributed by atoms with Crippen molar-refractivity contribution in [3.63, 3.8) is 0 Å². The van der Waals surface area contributed by atoms with E-state index in [1.54, 1.807) is 47.5 Å². The molecule has 4 aromatic rings. The Balaban J connectivity index is 1.45. The van der Waals surface area contributed by atoms with Crippen molar-refractivity contribution in [3.8, 4) is 0 Å². The molecule has 4 heterocycles. The van der Waals surface area contributed by atoms with Gasteiger partial charge in [-0.3, -0.25) is 24.3 Å². The van der Waals surface area contributed by atoms with Crippen LogP contribution in [0.1, 0.15) is 43.4 Å². The summed E-state index contributed by atoms with van der Waals surface area (Å²) in [7, 11) is 1.73. The predicted octanol–water partition coefficient (Wildman–Crippen LogP) is 4.66. The van der Waals surface area contributed by atoms with Crippen LogP contribution in [0.5, 0.6) is 0 Å². The van der Waals surface area contributed by atoms with E-state index in [1.807, 2.05) is 57.3 Å². The standard InChI is InChI=1S/C32H37N5O4/c1-7-37-26-11-10-23(17-27(26)34(6)30(39)32(4,5)31(37)40)19-35(20-24-9-8-21(2)33-18-24)14-15-36-13-12-28-25(29(36)38)16-22(3)41-28/h8-13,16-18H,7,14-15,19-20H2,1-6H3. The monoisotopic (exact) mass is 555 g/mol. The Hall–Kier alpha value is -4.24. The number of furan rings is 1. The lowest BCUT2D eigenvalue weighted by Gasteiger charge is -2.27. The third-order valence-corrected chi connectivity index (χ3v) is 7.85. The van der Waals surface area contributed by atoms with Crippen LogP contribution in [0, 0.1) is 19.3 Å². The molecule has 0 unspecified atom stereocenters. The molecule has 1 aliphatic heterocycles. The third kappa shape index (κ3) is 5.41. The van der Waals surface area contributed by atoms with Crippen LogP contribution >= 0.6 is 0 Å². The first-order chi connectivity index (χ1) is 19.5. The number of pyridine rings is 2. The molecule has 1 aromatic carbocycles. The van der Waals surface area contributed by atoms with Gasteiger partial charge in [-0.15, -0.1) is 0 Å². The van der Waals surface area contributed by atoms with Gasteiger partial charge in [-0.1, -0.05) is 12.1 Å². The summed E-state index contributed by atoms with van der Waals surface area (Å²) in [5.74, 6) is 0.275. The molecule has 9 nitrogen and oxygen atoms in total. The van der Waals surface area contributed by atoms with Crippen LogP contribution in [0.4, 0.5) is 11.4 Å². The molecule has 5 rings (SSSR count). The number of nitrogens with zero attached hydrogens (tertiary/aromatic N) is 5. The minimum absolute atomic E-state index is 0.0755. The summed E-state index contributed by atoms with van der Waals surface area (Å²) in [5.41, 5.74) is 3.82. The average Bonchev–Trinajstić information content (AvgIpc) is 3.33. The lowest BCUT2D eigenvalue weighted by atomic mass is 9.90. The zero-order valence-corrected chi connectivity index (χ0v) is 24.6. The predicted molar refractivity (Wildman–Crippen MR) is 160 cm³/mol. The first kappa shape index (κ1) is 28.3. The maximum absolute atomic E-state index is 13.3. The molecule has 0 bridgehead atoms. The first-order valence-electron chi connectivity index (χ1n) is 14.0. The van der Waals surface area contributed by atoms with Gasteiger partial charge in [-0.2, -0.15) is 0 Å². The number of carbonyl (C=O) groups is 2. The maximum Gasteiger partial charge on any atom is 0.261 e. The third-order valence-electron chi connectivity index (χ3n) is 7.85. The Kier molecular flexibility index (Phi) is 7.57. The number of carbonyl (C=O) groups excluding carboxylic acids is 2. The number of rotatable bonds is 8. The van der Waals surface area contributed by atoms with Gasteiger partial charge in [0.2, 0.25) is 11.8 Å². The summed E-state index contributed by atoms with van der Waals surface area (Å²) in [6, 6.07) is 13.6. The molecule has 9 heteroatoms. The van der Waals surface area contributed by atoms with Crippen LogP contribution in [0.15, 0.2) is 64.1 Å². The zero-order chi connectivity index (χ0) is 29.5. The fourth-order valence-electron chi connectivity index (χ4n) is 5.50. The van der Waals surface area contributed by atoms with E-state index in [-0.39, 0.29) is 17.4 Å². The van der Waals surface area contributed by atoms with E-state index in [4.69, 9.17) is 4.42 Å². The summed E-state index contributed by atoms with van der Waals surface area (Å²) in [6.07, 6.45) is 3.66. The molecule has 41 heavy (non-hydrogen) atoms. The van der Waals surface area contributed by atoms with E-state index in [1.165, 1.54) is 0 Å². The molecule has 0 saturated carbocycles. The highest BCUT2D eigenvalue weighted by molar-refractivity contribution is 6.19. The quantitative estimate of drug-likeness (QED) is 0.294. The topological polar surface area (TPSA) is 91.9 Å². The fraction of sp³-hybridized carbons (Fsp3) is 0.375. The summed E-state index contributed by atoms with van der Waals surface area (Å²) in [6.45, 7) is 11.9. The molecule has 0 saturated heterocycles. The smallest absolute Gasteiger partial charge is 0.261 e. The lowest BCUT2D eigenvalue weighted by Crippen LogP contribution is -2.47. The van der Waals surface area contributed by atoms with Crippen LogP contribution in [-0.4, -0.2) is 46.4 Å². The van der Waals surface area contributed by atoms with E-state index in [9.17, 15) is 14.4 Å². The van der Waals surface area contributed by atoms with E-state index in [2.05, 4.69) is 16.0 Å². The first-order valence-corrected chi connectivity index (χ1v) is 14.0. The van der Waals surface area contributed by atoms with Gasteiger partial charge in [0.05, 0.1) is 16.8 Å². The number of anilines is 2. The van der Waals surface area contributed by atoms with Crippen molar-refractivity contribution in [1.29, 1.82) is 0 Å². The summed E-state index contributed by atoms with van der Waals surface area (Å²) in [4.78, 5) is 49.7. The number of aryl methyl sites for hydroxylation is 2. The van der Waals surface area contributed by atoms with E-state index < -0.39 is 5.41 Å². The number of benzene rings is 1. The van der Waals surface area contributed by atoms with Crippen molar-refractivity contribution >= 4 is 34.2 Å². The second-order valence-corrected chi connectivity index (χ2v) is 11.3. The normalized spacial score (nSPS) is 15.1. The molecule has 3 aromatic heterocycles. The second kappa shape index (κ2) is 11.0. The number of hydrogen-bond donors (Lipinski definition) is 0. The van der Waals surface area contributed by atoms with Gasteiger partial charge in [-0.05, 0) is 76.1 Å². The highest BCUT2D eigenvalue weighted by atomic mass is 16.3. The summed E-state index contributed by atoms with van der Waals surface area (Å²) >= 11 is 0. The Morgan fingerprint density at radius 3 is 2.37 bits per heavy atom. The molecule has 0 radical (unpaired) electrons. The highest BCUT2D eigenvalue weighted by Gasteiger charge is 2.45. The van der Waals surface area contributed by atoms with Crippen LogP contribution in [0.25, 0.3) is 11.0 Å². The molecule has 214 valence electrons. The fourth-order valence-corrected chi connectivity index (χ4v) is 5.50. The van der Waals surface area contributed by atoms with Crippen molar-refractivity contribution in [2.24, 2.45) is 5.41 Å². The Morgan fingerprint density at radius 1 is 0.927 bits per heavy atom. The molecule has 2 amide bonds. The van der Waals surface area contributed by atoms with Gasteiger partial charge in [0.25, 0.3) is 5.56 Å². The van der Waals surface area contributed by atoms with Crippen molar-refractivity contribution in [1.82, 2.24) is 14.5 Å². The van der Waals surface area contributed by atoms with Gasteiger partial charge in [0.1, 0.15) is 16.8 Å². The van der Waals surface area contributed by atoms with Gasteiger partial charge in [-0.25, -0.2) is 0 Å². The second-order valence-electron chi connectivity index (χ2n) is 11.3. The van der Waals surface area contributed by atoms with Crippen LogP contribution < -0.4 is 15.4 Å². The minimum Gasteiger partial charge on any atom is -0.461 e. The van der Waals surface area contributed by atoms with Crippen LogP contribution in [0.2, 0.25) is 0 Å². The van der Waals surface area contributed by atoms with Crippen molar-refractivity contribution in [3.05, 3.63) is 87.8 Å². The SMILES string of the molecule is CCN1C(=O)C(C)(C)C(=O)N(C)c2cc(CN(CCn3ccc4oc(C)cc4c3=O)Cc3ccc(C)nc3)ccc21. The number of aromatic nitrogens is 2. The molecule has 0 atom stereocenters. The van der Waals surface area contributed by atoms with Crippen molar-refractivity contribution in [2.45, 2.75) is 54.3 Å². The summed E-state index contributed by atoms with van der Waals surface area (Å²) < 4.78 is 7.34. The van der Waals surface area contributed by atoms with E-state index in [0.717, 1.165) is 22.5 Å². The molecular formula is C32H37N5O4. The van der Waals surface area contributed by atoms with E-state index >= 15 is 0 Å². The van der Waals surface area contributed by atoms with Gasteiger partial charge < -0.3 is 18.8 Å². The molecule has 0 N–H and O–H groups in total. The Bertz CT molecular complexity index is 1670. The Labute approximate surface area is 240 Å². The molecular weight excluding hydrogens is 518 g/mol. The van der Waals surface area contributed by atoms with E-state index in [0.29, 0.717) is 55.1 Å². The maximum atomic E-state index is 13.3. The molecule has 1 aliphatic rings. The van der Waals surface area contributed by atoms with Crippen LogP contribution in [-0.2, 0) is 29.2 Å². The van der Waals surface area contributed by atoms with Gasteiger partial charge >= 0.3 is 0 Å². The summed E-state index contributed by atoms with van der Waals surface area (Å²) in [5, 5.41) is 0.579. The number of hydrogen-bond acceptors (Lipinski definition) is 6. The highest BCUT2D eigenvalue weighted by Crippen LogP contribution is 2.39. The van der Waals surface area contributed by atoms with Crippen LogP contribution in [0.3, 0.4) is 0 Å². The van der Waals surface area contributed by atoms with Crippen molar-refractivity contribution in [2.75, 3.05) is 29.9 Å². The van der Waals surface area contributed by atoms with Gasteiger partial charge in [0, 0.05) is 57.9 Å². The zero-order valence-electron chi connectivity index (χ0n) is 24.6. The number of amides is 2. The van der Waals surface area contributed by atoms with Crippen molar-refractivity contribution < 1.29 is 14.0 Å².